The summed E-state index contributed by atoms with van der Waals surface area (Å²) in [4.78, 5) is 7.05. The lowest BCUT2D eigenvalue weighted by atomic mass is 10.1. The van der Waals surface area contributed by atoms with Gasteiger partial charge in [0.25, 0.3) is 0 Å². The third-order valence-corrected chi connectivity index (χ3v) is 3.85. The van der Waals surface area contributed by atoms with E-state index in [1.54, 1.807) is 14.2 Å². The second kappa shape index (κ2) is 14.5. The summed E-state index contributed by atoms with van der Waals surface area (Å²) >= 11 is 0. The van der Waals surface area contributed by atoms with Crippen molar-refractivity contribution in [3.8, 4) is 0 Å². The van der Waals surface area contributed by atoms with Crippen LogP contribution < -0.4 is 5.32 Å². The molecule has 7 heteroatoms. The maximum absolute atomic E-state index is 5.65. The zero-order valence-corrected chi connectivity index (χ0v) is 15.6. The standard InChI is InChI=1S/C17H35N3O4/c1-4-18-17(19-7-5-9-23-12-10-21-2)20-8-6-16(14-20)15-24-13-11-22-3/h16H,4-15H2,1-3H3,(H,18,19). The largest absolute Gasteiger partial charge is 0.382 e. The first kappa shape index (κ1) is 21.2. The SMILES string of the molecule is CCNC(=NCCCOCCOC)N1CCC(COCCOC)C1. The molecule has 0 amide bonds. The number of nitrogens with one attached hydrogen (secondary N) is 1. The number of likely N-dealkylation sites (tertiary alicyclic amines) is 1. The van der Waals surface area contributed by atoms with E-state index in [9.17, 15) is 0 Å². The zero-order valence-electron chi connectivity index (χ0n) is 15.6. The molecular formula is C17H35N3O4. The molecular weight excluding hydrogens is 310 g/mol. The van der Waals surface area contributed by atoms with Crippen LogP contribution in [-0.4, -0.2) is 90.9 Å². The van der Waals surface area contributed by atoms with Crippen molar-refractivity contribution in [2.45, 2.75) is 19.8 Å². The number of rotatable bonds is 13. The fourth-order valence-corrected chi connectivity index (χ4v) is 2.58. The van der Waals surface area contributed by atoms with Crippen LogP contribution in [0.25, 0.3) is 0 Å². The van der Waals surface area contributed by atoms with Gasteiger partial charge in [-0.15, -0.1) is 0 Å². The zero-order chi connectivity index (χ0) is 17.5. The van der Waals surface area contributed by atoms with Crippen LogP contribution in [0.1, 0.15) is 19.8 Å². The predicted molar refractivity (Wildman–Crippen MR) is 95.7 cm³/mol. The van der Waals surface area contributed by atoms with Crippen LogP contribution in [0, 0.1) is 5.92 Å². The van der Waals surface area contributed by atoms with Crippen molar-refractivity contribution < 1.29 is 18.9 Å². The highest BCUT2D eigenvalue weighted by Gasteiger charge is 2.24. The lowest BCUT2D eigenvalue weighted by Crippen LogP contribution is -2.40. The summed E-state index contributed by atoms with van der Waals surface area (Å²) in [7, 11) is 3.38. The second-order valence-electron chi connectivity index (χ2n) is 5.86. The predicted octanol–water partition coefficient (Wildman–Crippen LogP) is 0.990. The third kappa shape index (κ3) is 9.42. The first-order chi connectivity index (χ1) is 11.8. The van der Waals surface area contributed by atoms with Crippen molar-refractivity contribution in [1.29, 1.82) is 0 Å². The monoisotopic (exact) mass is 345 g/mol. The minimum atomic E-state index is 0.572. The van der Waals surface area contributed by atoms with Gasteiger partial charge in [-0.25, -0.2) is 0 Å². The van der Waals surface area contributed by atoms with Gasteiger partial charge < -0.3 is 29.2 Å². The lowest BCUT2D eigenvalue weighted by molar-refractivity contribution is 0.0536. The fraction of sp³-hybridized carbons (Fsp3) is 0.941. The molecule has 24 heavy (non-hydrogen) atoms. The van der Waals surface area contributed by atoms with Gasteiger partial charge in [-0.05, 0) is 19.8 Å². The van der Waals surface area contributed by atoms with E-state index in [4.69, 9.17) is 23.9 Å². The van der Waals surface area contributed by atoms with Crippen LogP contribution in [0.2, 0.25) is 0 Å². The van der Waals surface area contributed by atoms with E-state index in [0.717, 1.165) is 58.2 Å². The molecule has 0 aromatic rings. The smallest absolute Gasteiger partial charge is 0.193 e. The summed E-state index contributed by atoms with van der Waals surface area (Å²) in [6, 6.07) is 0. The highest BCUT2D eigenvalue weighted by molar-refractivity contribution is 5.80. The molecule has 0 aliphatic carbocycles. The van der Waals surface area contributed by atoms with E-state index >= 15 is 0 Å². The van der Waals surface area contributed by atoms with E-state index < -0.39 is 0 Å². The highest BCUT2D eigenvalue weighted by Crippen LogP contribution is 2.16. The van der Waals surface area contributed by atoms with Crippen LogP contribution in [0.5, 0.6) is 0 Å². The van der Waals surface area contributed by atoms with Gasteiger partial charge in [-0.1, -0.05) is 0 Å². The molecule has 0 aromatic heterocycles. The number of guanidine groups is 1. The van der Waals surface area contributed by atoms with Gasteiger partial charge in [0.2, 0.25) is 0 Å². The molecule has 7 nitrogen and oxygen atoms in total. The normalized spacial score (nSPS) is 18.4. The molecule has 1 heterocycles. The van der Waals surface area contributed by atoms with Crippen molar-refractivity contribution in [3.05, 3.63) is 0 Å². The van der Waals surface area contributed by atoms with Crippen molar-refractivity contribution in [1.82, 2.24) is 10.2 Å². The quantitative estimate of drug-likeness (QED) is 0.305. The van der Waals surface area contributed by atoms with E-state index in [1.807, 2.05) is 0 Å². The molecule has 1 aliphatic heterocycles. The molecule has 1 saturated heterocycles. The molecule has 1 unspecified atom stereocenters. The fourth-order valence-electron chi connectivity index (χ4n) is 2.58. The van der Waals surface area contributed by atoms with E-state index in [2.05, 4.69) is 17.1 Å². The average Bonchev–Trinajstić information content (AvgIpc) is 3.06. The molecule has 1 fully saturated rings. The first-order valence-corrected chi connectivity index (χ1v) is 8.98. The Kier molecular flexibility index (Phi) is 12.7. The number of nitrogens with zero attached hydrogens (tertiary/aromatic N) is 2. The van der Waals surface area contributed by atoms with Gasteiger partial charge in [0, 0.05) is 52.9 Å². The van der Waals surface area contributed by atoms with Gasteiger partial charge in [-0.2, -0.15) is 0 Å². The highest BCUT2D eigenvalue weighted by atomic mass is 16.5. The molecule has 1 N–H and O–H groups in total. The number of aliphatic imine (C=N–C) groups is 1. The van der Waals surface area contributed by atoms with Crippen molar-refractivity contribution in [2.24, 2.45) is 10.9 Å². The third-order valence-electron chi connectivity index (χ3n) is 3.85. The molecule has 0 aromatic carbocycles. The molecule has 0 bridgehead atoms. The number of methoxy groups -OCH3 is 2. The molecule has 0 radical (unpaired) electrons. The Morgan fingerprint density at radius 1 is 1.08 bits per heavy atom. The van der Waals surface area contributed by atoms with Crippen LogP contribution in [0.15, 0.2) is 4.99 Å². The van der Waals surface area contributed by atoms with E-state index in [1.165, 1.54) is 0 Å². The summed E-state index contributed by atoms with van der Waals surface area (Å²) in [6.45, 7) is 9.95. The Labute approximate surface area is 146 Å². The first-order valence-electron chi connectivity index (χ1n) is 8.98. The van der Waals surface area contributed by atoms with Crippen molar-refractivity contribution in [3.63, 3.8) is 0 Å². The van der Waals surface area contributed by atoms with Crippen LogP contribution in [-0.2, 0) is 18.9 Å². The molecule has 1 rings (SSSR count). The molecule has 1 aliphatic rings. The molecule has 1 atom stereocenters. The Morgan fingerprint density at radius 3 is 2.54 bits per heavy atom. The number of hydrogen-bond acceptors (Lipinski definition) is 5. The molecule has 0 saturated carbocycles. The van der Waals surface area contributed by atoms with Gasteiger partial charge in [-0.3, -0.25) is 4.99 Å². The Hall–Kier alpha value is -0.890. The molecule has 142 valence electrons. The average molecular weight is 345 g/mol. The van der Waals surface area contributed by atoms with E-state index in [-0.39, 0.29) is 0 Å². The van der Waals surface area contributed by atoms with Crippen molar-refractivity contribution in [2.75, 3.05) is 80.0 Å². The van der Waals surface area contributed by atoms with Gasteiger partial charge >= 0.3 is 0 Å². The van der Waals surface area contributed by atoms with Crippen molar-refractivity contribution >= 4 is 5.96 Å². The van der Waals surface area contributed by atoms with Crippen LogP contribution in [0.4, 0.5) is 0 Å². The Bertz CT molecular complexity index is 329. The summed E-state index contributed by atoms with van der Waals surface area (Å²) < 4.78 is 21.1. The summed E-state index contributed by atoms with van der Waals surface area (Å²) in [6.07, 6.45) is 2.08. The molecule has 0 spiro atoms. The Morgan fingerprint density at radius 2 is 1.83 bits per heavy atom. The number of hydrogen-bond donors (Lipinski definition) is 1. The topological polar surface area (TPSA) is 64.6 Å². The summed E-state index contributed by atoms with van der Waals surface area (Å²) in [5.41, 5.74) is 0. The summed E-state index contributed by atoms with van der Waals surface area (Å²) in [5.74, 6) is 1.58. The Balaban J connectivity index is 2.24. The minimum absolute atomic E-state index is 0.572. The maximum atomic E-state index is 5.65. The number of ether oxygens (including phenoxy) is 4. The lowest BCUT2D eigenvalue weighted by Gasteiger charge is -2.21. The van der Waals surface area contributed by atoms with Gasteiger partial charge in [0.05, 0.1) is 33.0 Å². The van der Waals surface area contributed by atoms with Crippen LogP contribution >= 0.6 is 0 Å². The van der Waals surface area contributed by atoms with Crippen LogP contribution in [0.3, 0.4) is 0 Å². The van der Waals surface area contributed by atoms with Gasteiger partial charge in [0.1, 0.15) is 0 Å². The van der Waals surface area contributed by atoms with E-state index in [0.29, 0.717) is 32.3 Å². The minimum Gasteiger partial charge on any atom is -0.382 e. The summed E-state index contributed by atoms with van der Waals surface area (Å²) in [5, 5.41) is 3.39. The maximum Gasteiger partial charge on any atom is 0.193 e. The second-order valence-corrected chi connectivity index (χ2v) is 5.86. The van der Waals surface area contributed by atoms with Gasteiger partial charge in [0.15, 0.2) is 5.96 Å².